The molecule has 0 radical (unpaired) electrons. The average Bonchev–Trinajstić information content (AvgIpc) is 2.89. The molecule has 0 bridgehead atoms. The summed E-state index contributed by atoms with van der Waals surface area (Å²) < 4.78 is 35.4. The molecule has 1 aliphatic heterocycles. The maximum absolute atomic E-state index is 13.4. The Morgan fingerprint density at radius 3 is 2.48 bits per heavy atom. The van der Waals surface area contributed by atoms with E-state index in [2.05, 4.69) is 20.7 Å². The predicted octanol–water partition coefficient (Wildman–Crippen LogP) is 6.37. The number of nitrogens with one attached hydrogen (secondary N) is 1. The number of hydrogen-bond donors (Lipinski definition) is 1. The number of hydrogen-bond acceptors (Lipinski definition) is 5. The number of benzene rings is 3. The van der Waals surface area contributed by atoms with Crippen molar-refractivity contribution in [1.29, 1.82) is 0 Å². The van der Waals surface area contributed by atoms with Gasteiger partial charge in [0.05, 0.1) is 15.5 Å². The van der Waals surface area contributed by atoms with Gasteiger partial charge in [0.25, 0.3) is 5.91 Å². The smallest absolute Gasteiger partial charge is 0.340 e. The van der Waals surface area contributed by atoms with Crippen molar-refractivity contribution >= 4 is 55.1 Å². The molecule has 0 spiro atoms. The highest BCUT2D eigenvalue weighted by Crippen LogP contribution is 2.32. The highest BCUT2D eigenvalue weighted by molar-refractivity contribution is 9.10. The van der Waals surface area contributed by atoms with Crippen molar-refractivity contribution in [3.05, 3.63) is 92.4 Å². The third-order valence-corrected chi connectivity index (χ3v) is 9.27. The summed E-state index contributed by atoms with van der Waals surface area (Å²) in [6, 6.07) is 17.2. The fourth-order valence-corrected chi connectivity index (χ4v) is 7.13. The summed E-state index contributed by atoms with van der Waals surface area (Å²) in [5.74, 6) is -1.16. The van der Waals surface area contributed by atoms with Crippen LogP contribution < -0.4 is 9.62 Å². The molecule has 1 heterocycles. The minimum absolute atomic E-state index is 0.0424. The zero-order chi connectivity index (χ0) is 29.0. The summed E-state index contributed by atoms with van der Waals surface area (Å²) in [6.07, 6.45) is 1.32. The van der Waals surface area contributed by atoms with Crippen molar-refractivity contribution < 1.29 is 22.7 Å². The summed E-state index contributed by atoms with van der Waals surface area (Å²) in [5.41, 5.74) is 3.67. The molecule has 40 heavy (non-hydrogen) atoms. The van der Waals surface area contributed by atoms with E-state index in [1.165, 1.54) is 18.2 Å². The first-order valence-electron chi connectivity index (χ1n) is 13.1. The van der Waals surface area contributed by atoms with Crippen LogP contribution >= 0.6 is 27.5 Å². The lowest BCUT2D eigenvalue weighted by Gasteiger charge is -2.34. The van der Waals surface area contributed by atoms with E-state index in [9.17, 15) is 18.0 Å². The second-order valence-corrected chi connectivity index (χ2v) is 13.1. The van der Waals surface area contributed by atoms with Crippen LogP contribution in [0.25, 0.3) is 0 Å². The molecule has 10 heteroatoms. The number of amides is 1. The number of rotatable bonds is 9. The molecule has 1 amide bonds. The zero-order valence-corrected chi connectivity index (χ0v) is 25.8. The number of aryl methyl sites for hydroxylation is 3. The van der Waals surface area contributed by atoms with Crippen LogP contribution in [0.1, 0.15) is 53.2 Å². The molecule has 1 saturated heterocycles. The van der Waals surface area contributed by atoms with Crippen LogP contribution in [0.4, 0.5) is 5.69 Å². The quantitative estimate of drug-likeness (QED) is 0.273. The van der Waals surface area contributed by atoms with Crippen molar-refractivity contribution in [2.24, 2.45) is 0 Å². The molecule has 212 valence electrons. The molecule has 1 aliphatic rings. The zero-order valence-electron chi connectivity index (χ0n) is 22.6. The van der Waals surface area contributed by atoms with Crippen LogP contribution in [-0.4, -0.2) is 39.0 Å². The molecule has 2 unspecified atom stereocenters. The molecule has 1 N–H and O–H groups in total. The lowest BCUT2D eigenvalue weighted by atomic mass is 10.0. The molecule has 0 aromatic heterocycles. The van der Waals surface area contributed by atoms with E-state index < -0.39 is 22.1 Å². The van der Waals surface area contributed by atoms with Crippen molar-refractivity contribution in [2.75, 3.05) is 11.4 Å². The topological polar surface area (TPSA) is 92.8 Å². The van der Waals surface area contributed by atoms with E-state index >= 15 is 0 Å². The van der Waals surface area contributed by atoms with E-state index in [1.807, 2.05) is 56.3 Å². The van der Waals surface area contributed by atoms with Gasteiger partial charge in [0.1, 0.15) is 0 Å². The first kappa shape index (κ1) is 30.2. The predicted molar refractivity (Wildman–Crippen MR) is 160 cm³/mol. The van der Waals surface area contributed by atoms with Crippen LogP contribution in [0.2, 0.25) is 5.02 Å². The first-order chi connectivity index (χ1) is 19.0. The number of esters is 1. The number of sulfonamides is 1. The molecule has 0 saturated carbocycles. The van der Waals surface area contributed by atoms with Crippen molar-refractivity contribution in [1.82, 2.24) is 4.72 Å². The van der Waals surface area contributed by atoms with Crippen LogP contribution in [0.15, 0.2) is 70.0 Å². The van der Waals surface area contributed by atoms with Crippen LogP contribution in [0.3, 0.4) is 0 Å². The van der Waals surface area contributed by atoms with Crippen LogP contribution in [0, 0.1) is 13.8 Å². The lowest BCUT2D eigenvalue weighted by molar-refractivity contribution is -0.129. The van der Waals surface area contributed by atoms with E-state index in [0.29, 0.717) is 32.2 Å². The van der Waals surface area contributed by atoms with Crippen molar-refractivity contribution in [3.63, 3.8) is 0 Å². The van der Waals surface area contributed by atoms with E-state index in [1.54, 1.807) is 11.8 Å². The van der Waals surface area contributed by atoms with Crippen LogP contribution in [0.5, 0.6) is 0 Å². The van der Waals surface area contributed by atoms with Crippen LogP contribution in [-0.2, 0) is 26.0 Å². The Bertz CT molecular complexity index is 1490. The number of anilines is 1. The van der Waals surface area contributed by atoms with Crippen molar-refractivity contribution in [3.8, 4) is 0 Å². The van der Waals surface area contributed by atoms with Gasteiger partial charge in [-0.2, -0.15) is 0 Å². The maximum Gasteiger partial charge on any atom is 0.340 e. The fraction of sp³-hybridized carbons (Fsp3) is 0.333. The summed E-state index contributed by atoms with van der Waals surface area (Å²) in [5, 5.41) is 0.0424. The highest BCUT2D eigenvalue weighted by Gasteiger charge is 2.35. The Hall–Kier alpha value is -2.72. The molecule has 0 aliphatic carbocycles. The van der Waals surface area contributed by atoms with Gasteiger partial charge < -0.3 is 9.64 Å². The Balaban J connectivity index is 1.47. The third-order valence-electron chi connectivity index (χ3n) is 6.90. The number of nitrogens with zero attached hydrogens (tertiary/aromatic N) is 1. The van der Waals surface area contributed by atoms with E-state index in [0.717, 1.165) is 26.9 Å². The van der Waals surface area contributed by atoms with Gasteiger partial charge in [-0.25, -0.2) is 17.9 Å². The van der Waals surface area contributed by atoms with Gasteiger partial charge in [0.15, 0.2) is 6.10 Å². The van der Waals surface area contributed by atoms with E-state index in [4.69, 9.17) is 16.3 Å². The minimum Gasteiger partial charge on any atom is -0.449 e. The molecule has 7 nitrogen and oxygen atoms in total. The van der Waals surface area contributed by atoms with Gasteiger partial charge >= 0.3 is 5.97 Å². The Morgan fingerprint density at radius 2 is 1.80 bits per heavy atom. The monoisotopic (exact) mass is 646 g/mol. The fourth-order valence-electron chi connectivity index (χ4n) is 4.94. The number of carbonyl (C=O) groups excluding carboxylic acids is 2. The Labute approximate surface area is 249 Å². The standard InChI is InChI=1S/C30H32BrClN2O5S/c1-19-16-23(31)17-20(2)28(19)34-15-7-10-27(29(34)35)39-30(36)25-18-24(13-14-26(25)32)40(37,38)33-21(3)11-12-22-8-5-4-6-9-22/h4-6,8-9,13-14,16-18,21,27,33H,7,10-12,15H2,1-3H3. The first-order valence-corrected chi connectivity index (χ1v) is 15.8. The maximum atomic E-state index is 13.4. The largest absolute Gasteiger partial charge is 0.449 e. The van der Waals surface area contributed by atoms with Gasteiger partial charge in [-0.3, -0.25) is 4.79 Å². The second kappa shape index (κ2) is 12.9. The average molecular weight is 648 g/mol. The molecular weight excluding hydrogens is 616 g/mol. The molecule has 4 rings (SSSR count). The molecule has 3 aromatic carbocycles. The summed E-state index contributed by atoms with van der Waals surface area (Å²) in [4.78, 5) is 28.1. The minimum atomic E-state index is -3.93. The summed E-state index contributed by atoms with van der Waals surface area (Å²) in [6.45, 7) is 6.16. The Kier molecular flexibility index (Phi) is 9.72. The number of piperidine rings is 1. The number of ether oxygens (including phenoxy) is 1. The van der Waals surface area contributed by atoms with Gasteiger partial charge in [-0.05, 0) is 93.5 Å². The molecule has 1 fully saturated rings. The SMILES string of the molecule is Cc1cc(Br)cc(C)c1N1CCCC(OC(=O)c2cc(S(=O)(=O)NC(C)CCc3ccccc3)ccc2Cl)C1=O. The third kappa shape index (κ3) is 7.13. The summed E-state index contributed by atoms with van der Waals surface area (Å²) >= 11 is 9.76. The molecule has 3 aromatic rings. The molecule has 2 atom stereocenters. The van der Waals surface area contributed by atoms with Gasteiger partial charge in [0, 0.05) is 22.7 Å². The van der Waals surface area contributed by atoms with Gasteiger partial charge in [0.2, 0.25) is 10.0 Å². The normalized spacial score (nSPS) is 16.6. The number of carbonyl (C=O) groups is 2. The van der Waals surface area contributed by atoms with Gasteiger partial charge in [-0.1, -0.05) is 57.9 Å². The lowest BCUT2D eigenvalue weighted by Crippen LogP contribution is -2.46. The van der Waals surface area contributed by atoms with Crippen molar-refractivity contribution in [2.45, 2.75) is 63.5 Å². The Morgan fingerprint density at radius 1 is 1.12 bits per heavy atom. The summed E-state index contributed by atoms with van der Waals surface area (Å²) in [7, 11) is -3.93. The molecular formula is C30H32BrClN2O5S. The van der Waals surface area contributed by atoms with E-state index in [-0.39, 0.29) is 27.4 Å². The highest BCUT2D eigenvalue weighted by atomic mass is 79.9. The second-order valence-electron chi connectivity index (χ2n) is 10.1. The number of halogens is 2. The van der Waals surface area contributed by atoms with Gasteiger partial charge in [-0.15, -0.1) is 0 Å².